The Balaban J connectivity index is 1.80. The molecule has 1 N–H and O–H groups in total. The first-order chi connectivity index (χ1) is 16.7. The van der Waals surface area contributed by atoms with E-state index in [4.69, 9.17) is 4.74 Å². The minimum atomic E-state index is -2.07. The van der Waals surface area contributed by atoms with Crippen molar-refractivity contribution in [3.63, 3.8) is 0 Å². The molecule has 2 aromatic carbocycles. The van der Waals surface area contributed by atoms with E-state index < -0.39 is 14.2 Å². The zero-order valence-corrected chi connectivity index (χ0v) is 24.6. The van der Waals surface area contributed by atoms with E-state index >= 15 is 0 Å². The van der Waals surface area contributed by atoms with Crippen LogP contribution in [0.25, 0.3) is 10.8 Å². The summed E-state index contributed by atoms with van der Waals surface area (Å²) >= 11 is 0. The number of aliphatic hydroxyl groups excluding tert-OH is 1. The molecule has 196 valence electrons. The molecule has 0 radical (unpaired) electrons. The Morgan fingerprint density at radius 3 is 2.17 bits per heavy atom. The van der Waals surface area contributed by atoms with Crippen molar-refractivity contribution in [2.75, 3.05) is 0 Å². The van der Waals surface area contributed by atoms with E-state index in [9.17, 15) is 9.90 Å². The largest absolute Gasteiger partial charge is 0.420 e. The normalized spacial score (nSPS) is 25.5. The molecular formula is C31H45NO3Si. The zero-order chi connectivity index (χ0) is 26.6. The highest BCUT2D eigenvalue weighted by Crippen LogP contribution is 2.65. The minimum Gasteiger partial charge on any atom is -0.420 e. The van der Waals surface area contributed by atoms with Gasteiger partial charge in [-0.15, -0.1) is 0 Å². The minimum absolute atomic E-state index is 0.0380. The van der Waals surface area contributed by atoms with Gasteiger partial charge in [0.2, 0.25) is 0 Å². The second kappa shape index (κ2) is 9.64. The molecule has 1 amide bonds. The van der Waals surface area contributed by atoms with Crippen LogP contribution in [0.2, 0.25) is 19.6 Å². The number of benzene rings is 2. The first-order valence-electron chi connectivity index (χ1n) is 13.6. The van der Waals surface area contributed by atoms with Crippen LogP contribution in [0.1, 0.15) is 66.1 Å². The lowest BCUT2D eigenvalue weighted by molar-refractivity contribution is -0.0738. The van der Waals surface area contributed by atoms with Gasteiger partial charge in [-0.25, -0.2) is 4.79 Å². The number of carbonyl (C=O) groups excluding carboxylic acids is 1. The molecule has 0 aliphatic heterocycles. The number of rotatable bonds is 6. The van der Waals surface area contributed by atoms with Gasteiger partial charge in [-0.3, -0.25) is 0 Å². The predicted octanol–water partition coefficient (Wildman–Crippen LogP) is 7.94. The van der Waals surface area contributed by atoms with Crippen molar-refractivity contribution in [1.29, 1.82) is 0 Å². The Kier molecular flexibility index (Phi) is 7.22. The van der Waals surface area contributed by atoms with Crippen molar-refractivity contribution < 1.29 is 14.6 Å². The van der Waals surface area contributed by atoms with Crippen LogP contribution >= 0.6 is 0 Å². The molecule has 0 unspecified atom stereocenters. The monoisotopic (exact) mass is 507 g/mol. The Bertz CT molecular complexity index is 1150. The summed E-state index contributed by atoms with van der Waals surface area (Å²) in [5, 5.41) is 15.1. The van der Waals surface area contributed by atoms with Gasteiger partial charge in [0.05, 0.1) is 11.5 Å². The summed E-state index contributed by atoms with van der Waals surface area (Å²) in [7, 11) is -2.07. The summed E-state index contributed by atoms with van der Waals surface area (Å²) in [4.78, 5) is 15.4. The summed E-state index contributed by atoms with van der Waals surface area (Å²) in [5.74, 6) is 0.870. The summed E-state index contributed by atoms with van der Waals surface area (Å²) in [6.45, 7) is 19.6. The molecule has 2 bridgehead atoms. The van der Waals surface area contributed by atoms with Crippen molar-refractivity contribution in [1.82, 2.24) is 4.90 Å². The average Bonchev–Trinajstić information content (AvgIpc) is 2.80. The number of nitrogens with zero attached hydrogens (tertiary/aromatic N) is 1. The predicted molar refractivity (Wildman–Crippen MR) is 151 cm³/mol. The number of hydrogen-bond acceptors (Lipinski definition) is 3. The van der Waals surface area contributed by atoms with Crippen molar-refractivity contribution in [2.45, 2.75) is 92.2 Å². The molecule has 2 aromatic rings. The second-order valence-corrected chi connectivity index (χ2v) is 18.2. The van der Waals surface area contributed by atoms with Gasteiger partial charge >= 0.3 is 6.09 Å². The van der Waals surface area contributed by atoms with Crippen LogP contribution in [0.3, 0.4) is 0 Å². The van der Waals surface area contributed by atoms with E-state index in [1.54, 1.807) is 0 Å². The van der Waals surface area contributed by atoms with Crippen LogP contribution in [-0.2, 0) is 4.74 Å². The molecule has 3 aliphatic carbocycles. The van der Waals surface area contributed by atoms with Gasteiger partial charge in [0.1, 0.15) is 8.07 Å². The molecule has 0 heterocycles. The van der Waals surface area contributed by atoms with Crippen LogP contribution in [0.4, 0.5) is 4.79 Å². The number of ether oxygens (including phenoxy) is 1. The molecule has 0 spiro atoms. The molecule has 0 aromatic heterocycles. The Morgan fingerprint density at radius 2 is 1.61 bits per heavy atom. The summed E-state index contributed by atoms with van der Waals surface area (Å²) in [6, 6.07) is 14.7. The van der Waals surface area contributed by atoms with Crippen LogP contribution in [-0.4, -0.2) is 36.3 Å². The molecule has 0 saturated heterocycles. The van der Waals surface area contributed by atoms with E-state index in [2.05, 4.69) is 63.8 Å². The molecule has 4 atom stereocenters. The fourth-order valence-corrected chi connectivity index (χ4v) is 8.31. The van der Waals surface area contributed by atoms with Gasteiger partial charge < -0.3 is 14.7 Å². The highest BCUT2D eigenvalue weighted by atomic mass is 28.3. The van der Waals surface area contributed by atoms with E-state index in [1.165, 1.54) is 11.0 Å². The van der Waals surface area contributed by atoms with E-state index in [-0.39, 0.29) is 29.5 Å². The van der Waals surface area contributed by atoms with Gasteiger partial charge in [0.25, 0.3) is 0 Å². The smallest absolute Gasteiger partial charge is 0.414 e. The first-order valence-corrected chi connectivity index (χ1v) is 17.1. The Morgan fingerprint density at radius 1 is 1.00 bits per heavy atom. The van der Waals surface area contributed by atoms with Crippen molar-refractivity contribution in [3.8, 4) is 0 Å². The van der Waals surface area contributed by atoms with Crippen LogP contribution < -0.4 is 0 Å². The number of fused-ring (bicyclic) bond motifs is 3. The van der Waals surface area contributed by atoms with E-state index in [1.807, 2.05) is 44.7 Å². The van der Waals surface area contributed by atoms with Crippen molar-refractivity contribution in [3.05, 3.63) is 59.0 Å². The topological polar surface area (TPSA) is 49.8 Å². The lowest BCUT2D eigenvalue weighted by atomic mass is 9.44. The summed E-state index contributed by atoms with van der Waals surface area (Å²) in [5.41, 5.74) is 2.31. The van der Waals surface area contributed by atoms with Crippen molar-refractivity contribution >= 4 is 24.9 Å². The van der Waals surface area contributed by atoms with Gasteiger partial charge in [0.15, 0.2) is 0 Å². The number of amides is 1. The lowest BCUT2D eigenvalue weighted by Gasteiger charge is -2.61. The summed E-state index contributed by atoms with van der Waals surface area (Å²) < 4.78 is 6.43. The molecule has 36 heavy (non-hydrogen) atoms. The number of hydrogen-bond donors (Lipinski definition) is 1. The standard InChI is InChI=1S/C31H45NO3Si/c1-19(2)32(20(3)4)30(34)35-29(36(7,8)9)27-25(17-24-18-26(27)31(24,5)6)28(33)23-15-14-21-12-10-11-13-22(21)16-23/h10-16,19-20,24-26,28,33H,17-18H2,1-9H3/b29-27-/t24-,25-,26-,28+/m0/s1. The lowest BCUT2D eigenvalue weighted by Crippen LogP contribution is -2.54. The fourth-order valence-electron chi connectivity index (χ4n) is 6.69. The Labute approximate surface area is 218 Å². The molecule has 4 nitrogen and oxygen atoms in total. The van der Waals surface area contributed by atoms with Crippen LogP contribution in [0.5, 0.6) is 0 Å². The molecule has 3 saturated carbocycles. The van der Waals surface area contributed by atoms with E-state index in [0.29, 0.717) is 11.8 Å². The van der Waals surface area contributed by atoms with Gasteiger partial charge in [-0.2, -0.15) is 0 Å². The highest BCUT2D eigenvalue weighted by molar-refractivity contribution is 6.82. The molecule has 3 fully saturated rings. The maximum absolute atomic E-state index is 13.5. The van der Waals surface area contributed by atoms with Crippen LogP contribution in [0.15, 0.2) is 53.4 Å². The fraction of sp³-hybridized carbons (Fsp3) is 0.581. The second-order valence-electron chi connectivity index (χ2n) is 13.2. The molecule has 3 aliphatic rings. The molecular weight excluding hydrogens is 462 g/mol. The van der Waals surface area contributed by atoms with E-state index in [0.717, 1.165) is 29.2 Å². The van der Waals surface area contributed by atoms with Gasteiger partial charge in [-0.1, -0.05) is 69.9 Å². The highest BCUT2D eigenvalue weighted by Gasteiger charge is 2.58. The third kappa shape index (κ3) is 4.77. The van der Waals surface area contributed by atoms with Crippen molar-refractivity contribution in [2.24, 2.45) is 23.2 Å². The quantitative estimate of drug-likeness (QED) is 0.319. The van der Waals surface area contributed by atoms with Gasteiger partial charge in [0, 0.05) is 18.0 Å². The average molecular weight is 508 g/mol. The maximum atomic E-state index is 13.5. The Hall–Kier alpha value is -2.11. The number of aliphatic hydroxyl groups is 1. The third-order valence-electron chi connectivity index (χ3n) is 8.74. The van der Waals surface area contributed by atoms with Gasteiger partial charge in [-0.05, 0) is 85.8 Å². The maximum Gasteiger partial charge on any atom is 0.414 e. The number of carbonyl (C=O) groups is 1. The first kappa shape index (κ1) is 26.9. The molecule has 5 rings (SSSR count). The third-order valence-corrected chi connectivity index (χ3v) is 10.5. The molecule has 5 heteroatoms. The van der Waals surface area contributed by atoms with Crippen LogP contribution in [0, 0.1) is 23.2 Å². The SMILES string of the molecule is CC(C)N(C(=O)O/C(=C1\[C@@H]([C@H](O)c2ccc3ccccc3c2)C[C@H]2C[C@@H]1C2(C)C)[Si](C)(C)C)C(C)C. The summed E-state index contributed by atoms with van der Waals surface area (Å²) in [6.07, 6.45) is 1.16. The zero-order valence-electron chi connectivity index (χ0n) is 23.6.